The number of fused-ring (bicyclic) bond motifs is 1. The van der Waals surface area contributed by atoms with Gasteiger partial charge in [-0.1, -0.05) is 11.8 Å². The van der Waals surface area contributed by atoms with Crippen LogP contribution in [0, 0.1) is 36.5 Å². The van der Waals surface area contributed by atoms with Crippen LogP contribution >= 0.6 is 0 Å². The van der Waals surface area contributed by atoms with E-state index in [0.29, 0.717) is 30.8 Å². The summed E-state index contributed by atoms with van der Waals surface area (Å²) in [7, 11) is 1.33. The average molecular weight is 356 g/mol. The molecule has 0 spiro atoms. The number of pyridine rings is 1. The van der Waals surface area contributed by atoms with Crippen LogP contribution in [-0.2, 0) is 9.47 Å². The van der Waals surface area contributed by atoms with Crippen molar-refractivity contribution >= 4 is 12.1 Å². The Bertz CT molecular complexity index is 788. The minimum atomic E-state index is -0.473. The number of methoxy groups -OCH3 is 1. The highest BCUT2D eigenvalue weighted by atomic mass is 16.6. The number of esters is 1. The molecule has 2 atom stereocenters. The Morgan fingerprint density at radius 3 is 2.46 bits per heavy atom. The molecule has 0 radical (unpaired) electrons. The number of aryl methyl sites for hydroxylation is 1. The van der Waals surface area contributed by atoms with Crippen molar-refractivity contribution < 1.29 is 19.1 Å². The molecule has 26 heavy (non-hydrogen) atoms. The molecule has 6 heteroatoms. The van der Waals surface area contributed by atoms with Gasteiger partial charge in [0, 0.05) is 30.3 Å². The summed E-state index contributed by atoms with van der Waals surface area (Å²) < 4.78 is 10.1. The van der Waals surface area contributed by atoms with E-state index in [-0.39, 0.29) is 11.8 Å². The van der Waals surface area contributed by atoms with Gasteiger partial charge in [-0.25, -0.2) is 14.6 Å². The van der Waals surface area contributed by atoms with Gasteiger partial charge < -0.3 is 14.4 Å². The summed E-state index contributed by atoms with van der Waals surface area (Å²) in [4.78, 5) is 29.7. The van der Waals surface area contributed by atoms with Crippen molar-refractivity contribution in [2.45, 2.75) is 33.3 Å². The molecule has 6 nitrogen and oxygen atoms in total. The Balaban J connectivity index is 1.61. The van der Waals surface area contributed by atoms with E-state index >= 15 is 0 Å². The van der Waals surface area contributed by atoms with Gasteiger partial charge in [-0.3, -0.25) is 0 Å². The van der Waals surface area contributed by atoms with Crippen LogP contribution in [0.4, 0.5) is 4.79 Å². The van der Waals surface area contributed by atoms with E-state index in [1.165, 1.54) is 7.11 Å². The number of hydrogen-bond donors (Lipinski definition) is 0. The summed E-state index contributed by atoms with van der Waals surface area (Å²) in [5.41, 5.74) is 1.28. The fourth-order valence-corrected chi connectivity index (χ4v) is 3.33. The van der Waals surface area contributed by atoms with Gasteiger partial charge in [0.25, 0.3) is 0 Å². The van der Waals surface area contributed by atoms with Crippen LogP contribution in [0.15, 0.2) is 12.1 Å². The maximum absolute atomic E-state index is 12.1. The van der Waals surface area contributed by atoms with Crippen molar-refractivity contribution in [3.8, 4) is 11.8 Å². The summed E-state index contributed by atoms with van der Waals surface area (Å²) in [6.07, 6.45) is -0.246. The smallest absolute Gasteiger partial charge is 0.410 e. The zero-order chi connectivity index (χ0) is 19.1. The molecule has 2 unspecified atom stereocenters. The fraction of sp³-hybridized carbons (Fsp3) is 0.550. The highest BCUT2D eigenvalue weighted by Crippen LogP contribution is 2.51. The highest BCUT2D eigenvalue weighted by molar-refractivity contribution is 5.87. The summed E-state index contributed by atoms with van der Waals surface area (Å²) >= 11 is 0. The van der Waals surface area contributed by atoms with Gasteiger partial charge in [-0.15, -0.1) is 0 Å². The molecule has 2 fully saturated rings. The molecule has 0 bridgehead atoms. The van der Waals surface area contributed by atoms with Crippen molar-refractivity contribution in [2.75, 3.05) is 20.2 Å². The molecular weight excluding hydrogens is 332 g/mol. The molecule has 0 aromatic carbocycles. The highest BCUT2D eigenvalue weighted by Gasteiger charge is 2.56. The van der Waals surface area contributed by atoms with Crippen LogP contribution in [0.2, 0.25) is 0 Å². The van der Waals surface area contributed by atoms with Gasteiger partial charge in [0.1, 0.15) is 11.3 Å². The van der Waals surface area contributed by atoms with Crippen LogP contribution < -0.4 is 0 Å². The standard InChI is InChI=1S/C20H24N2O4/c1-12-8-13(9-17(21-12)18(23)25-5)6-7-14-15-10-22(11-16(14)15)19(24)26-20(2,3)4/h8-9,14-16H,10-11H2,1-5H3. The number of carbonyl (C=O) groups is 2. The van der Waals surface area contributed by atoms with Gasteiger partial charge in [-0.2, -0.15) is 0 Å². The van der Waals surface area contributed by atoms with Crippen LogP contribution in [0.3, 0.4) is 0 Å². The van der Waals surface area contributed by atoms with Crippen LogP contribution in [0.25, 0.3) is 0 Å². The molecule has 2 heterocycles. The Labute approximate surface area is 153 Å². The number of aromatic nitrogens is 1. The van der Waals surface area contributed by atoms with Crippen molar-refractivity contribution in [2.24, 2.45) is 17.8 Å². The Hall–Kier alpha value is -2.55. The maximum Gasteiger partial charge on any atom is 0.410 e. The lowest BCUT2D eigenvalue weighted by atomic mass is 10.1. The average Bonchev–Trinajstić information content (AvgIpc) is 2.99. The molecule has 3 rings (SSSR count). The lowest BCUT2D eigenvalue weighted by Crippen LogP contribution is -2.37. The topological polar surface area (TPSA) is 68.7 Å². The number of amides is 1. The number of likely N-dealkylation sites (tertiary alicyclic amines) is 1. The normalized spacial score (nSPS) is 23.6. The molecule has 138 valence electrons. The summed E-state index contributed by atoms with van der Waals surface area (Å²) in [5.74, 6) is 7.09. The third-order valence-electron chi connectivity index (χ3n) is 4.58. The maximum atomic E-state index is 12.1. The first-order chi connectivity index (χ1) is 12.2. The summed E-state index contributed by atoms with van der Waals surface area (Å²) in [6.45, 7) is 8.82. The minimum Gasteiger partial charge on any atom is -0.464 e. The second-order valence-corrected chi connectivity index (χ2v) is 7.88. The van der Waals surface area contributed by atoms with Crippen molar-refractivity contribution in [3.05, 3.63) is 29.1 Å². The Morgan fingerprint density at radius 1 is 1.23 bits per heavy atom. The third kappa shape index (κ3) is 3.98. The van der Waals surface area contributed by atoms with Gasteiger partial charge in [0.15, 0.2) is 0 Å². The summed E-state index contributed by atoms with van der Waals surface area (Å²) in [5, 5.41) is 0. The van der Waals surface area contributed by atoms with Crippen LogP contribution in [0.1, 0.15) is 42.5 Å². The van der Waals surface area contributed by atoms with E-state index < -0.39 is 11.6 Å². The van der Waals surface area contributed by atoms with Crippen molar-refractivity contribution in [3.63, 3.8) is 0 Å². The fourth-order valence-electron chi connectivity index (χ4n) is 3.33. The monoisotopic (exact) mass is 356 g/mol. The van der Waals surface area contributed by atoms with Gasteiger partial charge in [-0.05, 0) is 51.7 Å². The molecule has 0 N–H and O–H groups in total. The number of hydrogen-bond acceptors (Lipinski definition) is 5. The first kappa shape index (κ1) is 18.2. The summed E-state index contributed by atoms with van der Waals surface area (Å²) in [6, 6.07) is 3.50. The van der Waals surface area contributed by atoms with E-state index in [2.05, 4.69) is 16.8 Å². The largest absolute Gasteiger partial charge is 0.464 e. The van der Waals surface area contributed by atoms with E-state index in [1.807, 2.05) is 33.8 Å². The second-order valence-electron chi connectivity index (χ2n) is 7.88. The first-order valence-electron chi connectivity index (χ1n) is 8.74. The predicted octanol–water partition coefficient (Wildman–Crippen LogP) is 2.64. The SMILES string of the molecule is COC(=O)c1cc(C#CC2C3CN(C(=O)OC(C)(C)C)CC23)cc(C)n1. The zero-order valence-electron chi connectivity index (χ0n) is 15.8. The van der Waals surface area contributed by atoms with Crippen LogP contribution in [0.5, 0.6) is 0 Å². The molecule has 2 aliphatic rings. The van der Waals surface area contributed by atoms with Crippen LogP contribution in [-0.4, -0.2) is 47.7 Å². The first-order valence-corrected chi connectivity index (χ1v) is 8.74. The lowest BCUT2D eigenvalue weighted by Gasteiger charge is -2.25. The predicted molar refractivity (Wildman–Crippen MR) is 95.5 cm³/mol. The van der Waals surface area contributed by atoms with E-state index in [1.54, 1.807) is 11.0 Å². The molecule has 1 aromatic heterocycles. The third-order valence-corrected chi connectivity index (χ3v) is 4.58. The molecule has 1 saturated carbocycles. The van der Waals surface area contributed by atoms with Crippen molar-refractivity contribution in [1.82, 2.24) is 9.88 Å². The number of ether oxygens (including phenoxy) is 2. The van der Waals surface area contributed by atoms with Gasteiger partial charge in [0.2, 0.25) is 0 Å². The number of rotatable bonds is 1. The number of carbonyl (C=O) groups excluding carboxylic acids is 2. The van der Waals surface area contributed by atoms with E-state index in [0.717, 1.165) is 11.3 Å². The molecule has 1 amide bonds. The molecule has 1 aliphatic heterocycles. The number of nitrogens with zero attached hydrogens (tertiary/aromatic N) is 2. The molecule has 1 aliphatic carbocycles. The molecule has 1 aromatic rings. The van der Waals surface area contributed by atoms with Gasteiger partial charge >= 0.3 is 12.1 Å². The second kappa shape index (κ2) is 6.64. The number of piperidine rings is 1. The molecular formula is C20H24N2O4. The Morgan fingerprint density at radius 2 is 1.88 bits per heavy atom. The lowest BCUT2D eigenvalue weighted by molar-refractivity contribution is 0.0269. The van der Waals surface area contributed by atoms with Crippen molar-refractivity contribution in [1.29, 1.82) is 0 Å². The zero-order valence-corrected chi connectivity index (χ0v) is 15.8. The van der Waals surface area contributed by atoms with E-state index in [4.69, 9.17) is 9.47 Å². The Kier molecular flexibility index (Phi) is 4.66. The van der Waals surface area contributed by atoms with E-state index in [9.17, 15) is 9.59 Å². The molecule has 1 saturated heterocycles. The quantitative estimate of drug-likeness (QED) is 0.572. The minimum absolute atomic E-state index is 0.246. The van der Waals surface area contributed by atoms with Gasteiger partial charge in [0.05, 0.1) is 7.11 Å².